The predicted molar refractivity (Wildman–Crippen MR) is 105 cm³/mol. The van der Waals surface area contributed by atoms with Crippen molar-refractivity contribution in [3.05, 3.63) is 30.3 Å². The number of likely N-dealkylation sites (tertiary alicyclic amines) is 1. The molecule has 24 heavy (non-hydrogen) atoms. The van der Waals surface area contributed by atoms with Gasteiger partial charge in [-0.1, -0.05) is 25.1 Å². The van der Waals surface area contributed by atoms with Crippen molar-refractivity contribution in [2.75, 3.05) is 24.5 Å². The van der Waals surface area contributed by atoms with E-state index in [1.54, 1.807) is 0 Å². The van der Waals surface area contributed by atoms with Gasteiger partial charge in [0.2, 0.25) is 0 Å². The topological polar surface area (TPSA) is 6.48 Å². The Labute approximate surface area is 149 Å². The molecule has 1 aromatic carbocycles. The van der Waals surface area contributed by atoms with Gasteiger partial charge in [0.1, 0.15) is 0 Å². The second-order valence-electron chi connectivity index (χ2n) is 8.40. The molecule has 0 spiro atoms. The lowest BCUT2D eigenvalue weighted by Crippen LogP contribution is -2.45. The SMILES string of the molecule is CC(CC1CCCN(C(C)C)C1)C1CCCCN1c1ccccc1. The molecule has 0 radical (unpaired) electrons. The lowest BCUT2D eigenvalue weighted by Gasteiger charge is -2.43. The van der Waals surface area contributed by atoms with Gasteiger partial charge in [0, 0.05) is 30.9 Å². The smallest absolute Gasteiger partial charge is 0.0368 e. The second-order valence-corrected chi connectivity index (χ2v) is 8.40. The molecule has 0 N–H and O–H groups in total. The number of piperidine rings is 2. The molecule has 2 aliphatic rings. The zero-order valence-corrected chi connectivity index (χ0v) is 16.0. The van der Waals surface area contributed by atoms with E-state index in [9.17, 15) is 0 Å². The molecule has 2 heteroatoms. The Morgan fingerprint density at radius 3 is 2.50 bits per heavy atom. The monoisotopic (exact) mass is 328 g/mol. The fraction of sp³-hybridized carbons (Fsp3) is 0.727. The summed E-state index contributed by atoms with van der Waals surface area (Å²) in [6, 6.07) is 12.5. The molecule has 134 valence electrons. The van der Waals surface area contributed by atoms with Crippen molar-refractivity contribution in [1.29, 1.82) is 0 Å². The molecule has 2 saturated heterocycles. The fourth-order valence-electron chi connectivity index (χ4n) is 4.93. The Morgan fingerprint density at radius 1 is 0.958 bits per heavy atom. The molecule has 3 unspecified atom stereocenters. The standard InChI is InChI=1S/C22H36N2/c1-18(2)23-14-9-10-20(17-23)16-19(3)22-13-7-8-15-24(22)21-11-5-4-6-12-21/h4-6,11-12,18-20,22H,7-10,13-17H2,1-3H3. The molecule has 0 saturated carbocycles. The van der Waals surface area contributed by atoms with Crippen molar-refractivity contribution < 1.29 is 0 Å². The van der Waals surface area contributed by atoms with Gasteiger partial charge in [-0.25, -0.2) is 0 Å². The van der Waals surface area contributed by atoms with Gasteiger partial charge in [-0.2, -0.15) is 0 Å². The van der Waals surface area contributed by atoms with Gasteiger partial charge in [-0.05, 0) is 82.9 Å². The molecule has 0 aromatic heterocycles. The molecular formula is C22H36N2. The van der Waals surface area contributed by atoms with Crippen LogP contribution in [0, 0.1) is 11.8 Å². The van der Waals surface area contributed by atoms with E-state index in [1.165, 1.54) is 63.8 Å². The van der Waals surface area contributed by atoms with Crippen LogP contribution in [0.25, 0.3) is 0 Å². The molecule has 2 heterocycles. The zero-order valence-electron chi connectivity index (χ0n) is 16.0. The zero-order chi connectivity index (χ0) is 16.9. The van der Waals surface area contributed by atoms with E-state index >= 15 is 0 Å². The molecule has 2 fully saturated rings. The van der Waals surface area contributed by atoms with Crippen molar-refractivity contribution in [3.63, 3.8) is 0 Å². The Hall–Kier alpha value is -1.02. The minimum absolute atomic E-state index is 0.707. The summed E-state index contributed by atoms with van der Waals surface area (Å²) in [5.74, 6) is 1.69. The molecule has 3 atom stereocenters. The summed E-state index contributed by atoms with van der Waals surface area (Å²) in [6.45, 7) is 11.1. The summed E-state index contributed by atoms with van der Waals surface area (Å²) < 4.78 is 0. The van der Waals surface area contributed by atoms with Gasteiger partial charge in [-0.15, -0.1) is 0 Å². The van der Waals surface area contributed by atoms with Gasteiger partial charge in [0.25, 0.3) is 0 Å². The number of rotatable bonds is 5. The van der Waals surface area contributed by atoms with Crippen LogP contribution in [0.4, 0.5) is 5.69 Å². The van der Waals surface area contributed by atoms with Crippen LogP contribution >= 0.6 is 0 Å². The van der Waals surface area contributed by atoms with Crippen LogP contribution in [-0.4, -0.2) is 36.6 Å². The summed E-state index contributed by atoms with van der Waals surface area (Å²) in [5, 5.41) is 0. The first-order valence-electron chi connectivity index (χ1n) is 10.2. The van der Waals surface area contributed by atoms with E-state index in [-0.39, 0.29) is 0 Å². The van der Waals surface area contributed by atoms with Crippen LogP contribution in [0.2, 0.25) is 0 Å². The average molecular weight is 329 g/mol. The van der Waals surface area contributed by atoms with Gasteiger partial charge in [0.15, 0.2) is 0 Å². The molecule has 0 aliphatic carbocycles. The Bertz CT molecular complexity index is 484. The normalized spacial score (nSPS) is 27.4. The van der Waals surface area contributed by atoms with Crippen molar-refractivity contribution in [3.8, 4) is 0 Å². The molecule has 0 bridgehead atoms. The number of hydrogen-bond donors (Lipinski definition) is 0. The van der Waals surface area contributed by atoms with Crippen LogP contribution in [0.15, 0.2) is 30.3 Å². The Morgan fingerprint density at radius 2 is 1.75 bits per heavy atom. The van der Waals surface area contributed by atoms with Gasteiger partial charge < -0.3 is 9.80 Å². The summed E-state index contributed by atoms with van der Waals surface area (Å²) in [7, 11) is 0. The van der Waals surface area contributed by atoms with Crippen LogP contribution in [-0.2, 0) is 0 Å². The van der Waals surface area contributed by atoms with Crippen molar-refractivity contribution in [2.45, 2.75) is 71.4 Å². The number of hydrogen-bond acceptors (Lipinski definition) is 2. The maximum atomic E-state index is 2.71. The van der Waals surface area contributed by atoms with E-state index in [1.807, 2.05) is 0 Å². The number of anilines is 1. The third-order valence-corrected chi connectivity index (χ3v) is 6.28. The number of nitrogens with zero attached hydrogens (tertiary/aromatic N) is 2. The fourth-order valence-corrected chi connectivity index (χ4v) is 4.93. The summed E-state index contributed by atoms with van der Waals surface area (Å²) in [5.41, 5.74) is 1.43. The minimum Gasteiger partial charge on any atom is -0.368 e. The minimum atomic E-state index is 0.707. The first kappa shape index (κ1) is 17.8. The number of para-hydroxylation sites is 1. The van der Waals surface area contributed by atoms with Crippen LogP contribution in [0.1, 0.15) is 59.3 Å². The van der Waals surface area contributed by atoms with Gasteiger partial charge in [-0.3, -0.25) is 0 Å². The first-order chi connectivity index (χ1) is 11.6. The lowest BCUT2D eigenvalue weighted by molar-refractivity contribution is 0.122. The quantitative estimate of drug-likeness (QED) is 0.733. The van der Waals surface area contributed by atoms with E-state index in [4.69, 9.17) is 0 Å². The second kappa shape index (κ2) is 8.38. The summed E-state index contributed by atoms with van der Waals surface area (Å²) in [6.07, 6.45) is 8.35. The van der Waals surface area contributed by atoms with Crippen LogP contribution < -0.4 is 4.90 Å². The third-order valence-electron chi connectivity index (χ3n) is 6.28. The molecule has 0 amide bonds. The predicted octanol–water partition coefficient (Wildman–Crippen LogP) is 5.19. The van der Waals surface area contributed by atoms with Crippen molar-refractivity contribution in [1.82, 2.24) is 4.90 Å². The van der Waals surface area contributed by atoms with Gasteiger partial charge >= 0.3 is 0 Å². The van der Waals surface area contributed by atoms with Crippen molar-refractivity contribution >= 4 is 5.69 Å². The highest BCUT2D eigenvalue weighted by atomic mass is 15.2. The highest BCUT2D eigenvalue weighted by molar-refractivity contribution is 5.47. The summed E-state index contributed by atoms with van der Waals surface area (Å²) >= 11 is 0. The molecule has 1 aromatic rings. The van der Waals surface area contributed by atoms with Crippen LogP contribution in [0.3, 0.4) is 0 Å². The highest BCUT2D eigenvalue weighted by Gasteiger charge is 2.30. The number of benzene rings is 1. The molecule has 2 aliphatic heterocycles. The lowest BCUT2D eigenvalue weighted by atomic mass is 9.82. The Kier molecular flexibility index (Phi) is 6.21. The Balaban J connectivity index is 1.63. The van der Waals surface area contributed by atoms with Crippen LogP contribution in [0.5, 0.6) is 0 Å². The highest BCUT2D eigenvalue weighted by Crippen LogP contribution is 2.33. The summed E-state index contributed by atoms with van der Waals surface area (Å²) in [4.78, 5) is 5.40. The molecular weight excluding hydrogens is 292 g/mol. The van der Waals surface area contributed by atoms with E-state index < -0.39 is 0 Å². The van der Waals surface area contributed by atoms with E-state index in [0.717, 1.165) is 17.9 Å². The van der Waals surface area contributed by atoms with Gasteiger partial charge in [0.05, 0.1) is 0 Å². The molecule has 3 rings (SSSR count). The van der Waals surface area contributed by atoms with E-state index in [0.29, 0.717) is 6.04 Å². The van der Waals surface area contributed by atoms with Crippen molar-refractivity contribution in [2.24, 2.45) is 11.8 Å². The maximum Gasteiger partial charge on any atom is 0.0368 e. The molecule has 2 nitrogen and oxygen atoms in total. The maximum absolute atomic E-state index is 2.71. The average Bonchev–Trinajstić information content (AvgIpc) is 2.62. The largest absolute Gasteiger partial charge is 0.368 e. The first-order valence-corrected chi connectivity index (χ1v) is 10.2. The van der Waals surface area contributed by atoms with E-state index in [2.05, 4.69) is 60.9 Å². The third kappa shape index (κ3) is 4.33.